The fourth-order valence-corrected chi connectivity index (χ4v) is 2.61. The summed E-state index contributed by atoms with van der Waals surface area (Å²) in [7, 11) is 1.43. The van der Waals surface area contributed by atoms with Crippen LogP contribution in [0.15, 0.2) is 52.3 Å². The molecule has 1 aromatic heterocycles. The molecule has 0 bridgehead atoms. The topological polar surface area (TPSA) is 103 Å². The molecule has 27 heavy (non-hydrogen) atoms. The number of nitro groups is 1. The number of benzene rings is 2. The molecule has 0 aliphatic carbocycles. The fraction of sp³-hybridized carbons (Fsp3) is 0.158. The zero-order valence-corrected chi connectivity index (χ0v) is 15.1. The van der Waals surface area contributed by atoms with Gasteiger partial charge in [-0.05, 0) is 38.1 Å². The maximum absolute atomic E-state index is 12.7. The number of aliphatic imine (C=N–C) groups is 1. The first kappa shape index (κ1) is 18.1. The van der Waals surface area contributed by atoms with E-state index in [1.807, 2.05) is 31.2 Å². The third-order valence-corrected chi connectivity index (χ3v) is 4.12. The lowest BCUT2D eigenvalue weighted by atomic mass is 10.2. The van der Waals surface area contributed by atoms with E-state index in [1.165, 1.54) is 30.1 Å². The first-order valence-electron chi connectivity index (χ1n) is 8.16. The molecule has 3 rings (SSSR count). The van der Waals surface area contributed by atoms with E-state index in [0.29, 0.717) is 22.7 Å². The Kier molecular flexibility index (Phi) is 4.89. The van der Waals surface area contributed by atoms with Crippen LogP contribution in [-0.2, 0) is 0 Å². The predicted octanol–water partition coefficient (Wildman–Crippen LogP) is 3.45. The molecule has 1 N–H and O–H groups in total. The molecule has 8 nitrogen and oxygen atoms in total. The van der Waals surface area contributed by atoms with Crippen molar-refractivity contribution in [2.45, 2.75) is 13.8 Å². The molecular formula is C19H18N4O4. The van der Waals surface area contributed by atoms with Gasteiger partial charge in [-0.15, -0.1) is 0 Å². The maximum Gasteiger partial charge on any atom is 0.298 e. The van der Waals surface area contributed by atoms with E-state index < -0.39 is 4.92 Å². The molecule has 0 fully saturated rings. The highest BCUT2D eigenvalue weighted by molar-refractivity contribution is 5.84. The largest absolute Gasteiger partial charge is 0.496 e. The maximum atomic E-state index is 12.7. The Hall–Kier alpha value is -3.68. The lowest BCUT2D eigenvalue weighted by Gasteiger charge is -2.01. The Balaban J connectivity index is 2.01. The molecular weight excluding hydrogens is 348 g/mol. The zero-order chi connectivity index (χ0) is 19.6. The number of methoxy groups -OCH3 is 1. The second-order valence-electron chi connectivity index (χ2n) is 6.00. The van der Waals surface area contributed by atoms with Crippen molar-refractivity contribution in [2.24, 2.45) is 4.99 Å². The molecule has 138 valence electrons. The van der Waals surface area contributed by atoms with Crippen LogP contribution in [0.2, 0.25) is 0 Å². The third-order valence-electron chi connectivity index (χ3n) is 4.12. The molecule has 1 heterocycles. The number of aromatic amines is 1. The first-order valence-corrected chi connectivity index (χ1v) is 8.16. The molecule has 0 amide bonds. The van der Waals surface area contributed by atoms with Crippen LogP contribution in [0.3, 0.4) is 0 Å². The van der Waals surface area contributed by atoms with Crippen molar-refractivity contribution < 1.29 is 9.66 Å². The van der Waals surface area contributed by atoms with Crippen molar-refractivity contribution in [1.82, 2.24) is 9.78 Å². The van der Waals surface area contributed by atoms with Crippen LogP contribution in [0.5, 0.6) is 5.75 Å². The minimum absolute atomic E-state index is 0.141. The Morgan fingerprint density at radius 2 is 1.89 bits per heavy atom. The molecule has 0 aliphatic heterocycles. The molecule has 0 aliphatic rings. The summed E-state index contributed by atoms with van der Waals surface area (Å²) >= 11 is 0. The van der Waals surface area contributed by atoms with Crippen LogP contribution in [0, 0.1) is 24.0 Å². The van der Waals surface area contributed by atoms with E-state index in [2.05, 4.69) is 10.1 Å². The molecule has 3 aromatic rings. The smallest absolute Gasteiger partial charge is 0.298 e. The molecule has 8 heteroatoms. The van der Waals surface area contributed by atoms with Gasteiger partial charge < -0.3 is 4.74 Å². The fourth-order valence-electron chi connectivity index (χ4n) is 2.61. The summed E-state index contributed by atoms with van der Waals surface area (Å²) in [5, 5.41) is 14.3. The number of aromatic nitrogens is 2. The quantitative estimate of drug-likeness (QED) is 0.424. The Morgan fingerprint density at radius 3 is 2.52 bits per heavy atom. The van der Waals surface area contributed by atoms with Crippen molar-refractivity contribution in [3.63, 3.8) is 0 Å². The highest BCUT2D eigenvalue weighted by atomic mass is 16.6. The third kappa shape index (κ3) is 3.64. The van der Waals surface area contributed by atoms with Crippen molar-refractivity contribution >= 4 is 17.6 Å². The average molecular weight is 366 g/mol. The summed E-state index contributed by atoms with van der Waals surface area (Å²) in [6, 6.07) is 11.8. The number of aryl methyl sites for hydroxylation is 2. The van der Waals surface area contributed by atoms with E-state index in [9.17, 15) is 14.9 Å². The number of H-pyrrole nitrogens is 1. The molecule has 0 spiro atoms. The SMILES string of the molecule is COc1ccc(N=Cc2c(C)[nH]n(-c3ccc(C)cc3)c2=O)c([N+](=O)[O-])c1. The minimum Gasteiger partial charge on any atom is -0.496 e. The summed E-state index contributed by atoms with van der Waals surface area (Å²) < 4.78 is 6.42. The average Bonchev–Trinajstić information content (AvgIpc) is 2.94. The number of nitrogens with one attached hydrogen (secondary N) is 1. The van der Waals surface area contributed by atoms with Gasteiger partial charge in [-0.25, -0.2) is 9.67 Å². The first-order chi connectivity index (χ1) is 12.9. The summed E-state index contributed by atoms with van der Waals surface area (Å²) in [4.78, 5) is 27.6. The van der Waals surface area contributed by atoms with E-state index in [4.69, 9.17) is 4.74 Å². The molecule has 0 saturated carbocycles. The van der Waals surface area contributed by atoms with Gasteiger partial charge in [0.15, 0.2) is 0 Å². The number of ether oxygens (including phenoxy) is 1. The second-order valence-corrected chi connectivity index (χ2v) is 6.00. The molecule has 2 aromatic carbocycles. The van der Waals surface area contributed by atoms with Gasteiger partial charge in [-0.3, -0.25) is 20.0 Å². The highest BCUT2D eigenvalue weighted by Gasteiger charge is 2.15. The summed E-state index contributed by atoms with van der Waals surface area (Å²) in [5.41, 5.74) is 2.39. The van der Waals surface area contributed by atoms with Gasteiger partial charge in [0.1, 0.15) is 11.4 Å². The van der Waals surface area contributed by atoms with E-state index in [1.54, 1.807) is 13.0 Å². The standard InChI is InChI=1S/C19H18N4O4/c1-12-4-6-14(7-5-12)22-19(24)16(13(2)21-22)11-20-17-9-8-15(27-3)10-18(17)23(25)26/h4-11,21H,1-3H3. The van der Waals surface area contributed by atoms with Crippen molar-refractivity contribution in [2.75, 3.05) is 7.11 Å². The van der Waals surface area contributed by atoms with E-state index in [0.717, 1.165) is 5.56 Å². The van der Waals surface area contributed by atoms with Gasteiger partial charge in [0.25, 0.3) is 11.2 Å². The van der Waals surface area contributed by atoms with Crippen molar-refractivity contribution in [3.05, 3.63) is 79.8 Å². The minimum atomic E-state index is -0.538. The summed E-state index contributed by atoms with van der Waals surface area (Å²) in [5.74, 6) is 0.361. The molecule has 0 saturated heterocycles. The molecule has 0 atom stereocenters. The summed E-state index contributed by atoms with van der Waals surface area (Å²) in [6.45, 7) is 3.71. The van der Waals surface area contributed by atoms with Gasteiger partial charge in [0.05, 0.1) is 29.4 Å². The van der Waals surface area contributed by atoms with E-state index >= 15 is 0 Å². The van der Waals surface area contributed by atoms with Crippen LogP contribution >= 0.6 is 0 Å². The van der Waals surface area contributed by atoms with Crippen LogP contribution < -0.4 is 10.3 Å². The normalized spacial score (nSPS) is 11.1. The van der Waals surface area contributed by atoms with Crippen molar-refractivity contribution in [1.29, 1.82) is 0 Å². The van der Waals surface area contributed by atoms with Gasteiger partial charge in [0.2, 0.25) is 0 Å². The second kappa shape index (κ2) is 7.28. The van der Waals surface area contributed by atoms with Crippen LogP contribution in [-0.4, -0.2) is 28.0 Å². The van der Waals surface area contributed by atoms with Crippen LogP contribution in [0.4, 0.5) is 11.4 Å². The van der Waals surface area contributed by atoms with Gasteiger partial charge in [-0.2, -0.15) is 0 Å². The Morgan fingerprint density at radius 1 is 1.19 bits per heavy atom. The highest BCUT2D eigenvalue weighted by Crippen LogP contribution is 2.31. The molecule has 0 unspecified atom stereocenters. The number of hydrogen-bond donors (Lipinski definition) is 1. The number of nitrogens with zero attached hydrogens (tertiary/aromatic N) is 3. The number of rotatable bonds is 5. The lowest BCUT2D eigenvalue weighted by molar-refractivity contribution is -0.384. The Bertz CT molecular complexity index is 1080. The van der Waals surface area contributed by atoms with Crippen LogP contribution in [0.25, 0.3) is 5.69 Å². The zero-order valence-electron chi connectivity index (χ0n) is 15.1. The predicted molar refractivity (Wildman–Crippen MR) is 103 cm³/mol. The number of hydrogen-bond acceptors (Lipinski definition) is 5. The van der Waals surface area contributed by atoms with Gasteiger partial charge in [0, 0.05) is 11.9 Å². The number of nitro benzene ring substituents is 1. The van der Waals surface area contributed by atoms with Gasteiger partial charge >= 0.3 is 0 Å². The van der Waals surface area contributed by atoms with Gasteiger partial charge in [-0.1, -0.05) is 17.7 Å². The van der Waals surface area contributed by atoms with Crippen LogP contribution in [0.1, 0.15) is 16.8 Å². The monoisotopic (exact) mass is 366 g/mol. The van der Waals surface area contributed by atoms with E-state index in [-0.39, 0.29) is 16.9 Å². The molecule has 0 radical (unpaired) electrons. The lowest BCUT2D eigenvalue weighted by Crippen LogP contribution is -2.17. The Labute approximate surface area is 154 Å². The van der Waals surface area contributed by atoms with Crippen molar-refractivity contribution in [3.8, 4) is 11.4 Å². The summed E-state index contributed by atoms with van der Waals surface area (Å²) in [6.07, 6.45) is 1.34.